The van der Waals surface area contributed by atoms with Gasteiger partial charge in [-0.15, -0.1) is 0 Å². The predicted molar refractivity (Wildman–Crippen MR) is 74.2 cm³/mol. The zero-order valence-corrected chi connectivity index (χ0v) is 11.2. The first-order chi connectivity index (χ1) is 8.58. The standard InChI is InChI=1S/C15H22N2O/c1-10-5-3-7-12(9-10)18-14-11(2)6-4-8-13(14)15(16)17/h4,6,8,10,12H,3,5,7,9H2,1-2H3,(H3,16,17). The molecule has 1 fully saturated rings. The molecule has 1 saturated carbocycles. The highest BCUT2D eigenvalue weighted by Crippen LogP contribution is 2.30. The Morgan fingerprint density at radius 3 is 2.83 bits per heavy atom. The molecule has 18 heavy (non-hydrogen) atoms. The Hall–Kier alpha value is -1.51. The first-order valence-corrected chi connectivity index (χ1v) is 6.68. The molecule has 0 spiro atoms. The van der Waals surface area contributed by atoms with Crippen LogP contribution in [0.5, 0.6) is 5.75 Å². The summed E-state index contributed by atoms with van der Waals surface area (Å²) in [7, 11) is 0. The molecule has 0 heterocycles. The Balaban J connectivity index is 2.20. The Bertz CT molecular complexity index is 442. The van der Waals surface area contributed by atoms with Crippen LogP contribution in [0.25, 0.3) is 0 Å². The van der Waals surface area contributed by atoms with Crippen LogP contribution in [0.15, 0.2) is 18.2 Å². The summed E-state index contributed by atoms with van der Waals surface area (Å²) in [5, 5.41) is 7.63. The predicted octanol–water partition coefficient (Wildman–Crippen LogP) is 3.24. The Morgan fingerprint density at radius 2 is 2.17 bits per heavy atom. The second-order valence-corrected chi connectivity index (χ2v) is 5.38. The third kappa shape index (κ3) is 2.84. The summed E-state index contributed by atoms with van der Waals surface area (Å²) in [6.07, 6.45) is 5.01. The van der Waals surface area contributed by atoms with Crippen LogP contribution in [0.3, 0.4) is 0 Å². The van der Waals surface area contributed by atoms with Gasteiger partial charge in [0.15, 0.2) is 0 Å². The number of hydrogen-bond donors (Lipinski definition) is 2. The normalized spacial score (nSPS) is 23.7. The van der Waals surface area contributed by atoms with Crippen LogP contribution < -0.4 is 10.5 Å². The highest BCUT2D eigenvalue weighted by Gasteiger charge is 2.22. The van der Waals surface area contributed by atoms with Gasteiger partial charge in [0.05, 0.1) is 11.7 Å². The molecule has 1 aliphatic carbocycles. The van der Waals surface area contributed by atoms with Crippen molar-refractivity contribution in [3.8, 4) is 5.75 Å². The summed E-state index contributed by atoms with van der Waals surface area (Å²) in [6, 6.07) is 5.79. The minimum Gasteiger partial charge on any atom is -0.489 e. The zero-order chi connectivity index (χ0) is 13.1. The highest BCUT2D eigenvalue weighted by molar-refractivity contribution is 5.98. The molecule has 2 atom stereocenters. The van der Waals surface area contributed by atoms with E-state index in [-0.39, 0.29) is 11.9 Å². The molecule has 3 N–H and O–H groups in total. The smallest absolute Gasteiger partial charge is 0.133 e. The Morgan fingerprint density at radius 1 is 1.39 bits per heavy atom. The van der Waals surface area contributed by atoms with Gasteiger partial charge in [-0.05, 0) is 43.7 Å². The molecule has 0 radical (unpaired) electrons. The number of aryl methyl sites for hydroxylation is 1. The molecule has 0 aliphatic heterocycles. The molecule has 0 bridgehead atoms. The number of amidine groups is 1. The van der Waals surface area contributed by atoms with E-state index < -0.39 is 0 Å². The van der Waals surface area contributed by atoms with Gasteiger partial charge >= 0.3 is 0 Å². The van der Waals surface area contributed by atoms with E-state index in [0.29, 0.717) is 5.56 Å². The number of para-hydroxylation sites is 1. The van der Waals surface area contributed by atoms with E-state index in [4.69, 9.17) is 15.9 Å². The van der Waals surface area contributed by atoms with Crippen molar-refractivity contribution in [2.75, 3.05) is 0 Å². The fourth-order valence-electron chi connectivity index (χ4n) is 2.67. The topological polar surface area (TPSA) is 59.1 Å². The molecule has 2 rings (SSSR count). The van der Waals surface area contributed by atoms with Crippen molar-refractivity contribution < 1.29 is 4.74 Å². The minimum absolute atomic E-state index is 0.0811. The first-order valence-electron chi connectivity index (χ1n) is 6.68. The van der Waals surface area contributed by atoms with Crippen LogP contribution in [0.2, 0.25) is 0 Å². The second-order valence-electron chi connectivity index (χ2n) is 5.38. The van der Waals surface area contributed by atoms with Crippen LogP contribution in [-0.4, -0.2) is 11.9 Å². The van der Waals surface area contributed by atoms with Crippen LogP contribution in [0.4, 0.5) is 0 Å². The molecular weight excluding hydrogens is 224 g/mol. The van der Waals surface area contributed by atoms with Gasteiger partial charge < -0.3 is 10.5 Å². The van der Waals surface area contributed by atoms with Gasteiger partial charge in [-0.3, -0.25) is 5.41 Å². The number of nitrogen functional groups attached to an aromatic ring is 1. The Labute approximate surface area is 109 Å². The number of ether oxygens (including phenoxy) is 1. The molecule has 0 aromatic heterocycles. The zero-order valence-electron chi connectivity index (χ0n) is 11.2. The molecule has 1 aromatic carbocycles. The van der Waals surface area contributed by atoms with Gasteiger partial charge in [0.2, 0.25) is 0 Å². The quantitative estimate of drug-likeness (QED) is 0.635. The highest BCUT2D eigenvalue weighted by atomic mass is 16.5. The van der Waals surface area contributed by atoms with Gasteiger partial charge in [0, 0.05) is 0 Å². The average molecular weight is 246 g/mol. The molecule has 3 heteroatoms. The maximum atomic E-state index is 7.63. The lowest BCUT2D eigenvalue weighted by molar-refractivity contribution is 0.128. The lowest BCUT2D eigenvalue weighted by Crippen LogP contribution is -2.26. The molecule has 98 valence electrons. The summed E-state index contributed by atoms with van der Waals surface area (Å²) in [5.74, 6) is 1.61. The monoisotopic (exact) mass is 246 g/mol. The SMILES string of the molecule is Cc1cccc(C(=N)N)c1OC1CCCC(C)C1. The van der Waals surface area contributed by atoms with Crippen LogP contribution in [0, 0.1) is 18.3 Å². The fourth-order valence-corrected chi connectivity index (χ4v) is 2.67. The van der Waals surface area contributed by atoms with Gasteiger partial charge in [-0.25, -0.2) is 0 Å². The van der Waals surface area contributed by atoms with Crippen molar-refractivity contribution >= 4 is 5.84 Å². The molecule has 1 aliphatic rings. The summed E-state index contributed by atoms with van der Waals surface area (Å²) < 4.78 is 6.13. The van der Waals surface area contributed by atoms with Crippen molar-refractivity contribution in [1.82, 2.24) is 0 Å². The minimum atomic E-state index is 0.0811. The molecule has 3 nitrogen and oxygen atoms in total. The third-order valence-electron chi connectivity index (χ3n) is 3.67. The number of nitrogens with one attached hydrogen (secondary N) is 1. The van der Waals surface area contributed by atoms with Gasteiger partial charge in [-0.1, -0.05) is 25.5 Å². The van der Waals surface area contributed by atoms with E-state index >= 15 is 0 Å². The molecule has 1 aromatic rings. The van der Waals surface area contributed by atoms with Crippen LogP contribution in [0.1, 0.15) is 43.7 Å². The van der Waals surface area contributed by atoms with Crippen molar-refractivity contribution in [3.63, 3.8) is 0 Å². The lowest BCUT2D eigenvalue weighted by Gasteiger charge is -2.28. The first kappa shape index (κ1) is 12.9. The average Bonchev–Trinajstić information content (AvgIpc) is 2.31. The number of nitrogens with two attached hydrogens (primary N) is 1. The summed E-state index contributed by atoms with van der Waals surface area (Å²) >= 11 is 0. The van der Waals surface area contributed by atoms with E-state index in [1.807, 2.05) is 25.1 Å². The maximum Gasteiger partial charge on any atom is 0.133 e. The van der Waals surface area contributed by atoms with Gasteiger partial charge in [0.1, 0.15) is 11.6 Å². The maximum absolute atomic E-state index is 7.63. The fraction of sp³-hybridized carbons (Fsp3) is 0.533. The van der Waals surface area contributed by atoms with Crippen LogP contribution >= 0.6 is 0 Å². The van der Waals surface area contributed by atoms with Crippen molar-refractivity contribution in [2.24, 2.45) is 11.7 Å². The van der Waals surface area contributed by atoms with Crippen molar-refractivity contribution in [3.05, 3.63) is 29.3 Å². The Kier molecular flexibility index (Phi) is 3.90. The molecule has 0 saturated heterocycles. The third-order valence-corrected chi connectivity index (χ3v) is 3.67. The summed E-state index contributed by atoms with van der Waals surface area (Å²) in [6.45, 7) is 4.29. The lowest BCUT2D eigenvalue weighted by atomic mass is 9.88. The van der Waals surface area contributed by atoms with E-state index in [1.165, 1.54) is 12.8 Å². The molecule has 2 unspecified atom stereocenters. The number of hydrogen-bond acceptors (Lipinski definition) is 2. The largest absolute Gasteiger partial charge is 0.489 e. The number of rotatable bonds is 3. The van der Waals surface area contributed by atoms with Crippen molar-refractivity contribution in [2.45, 2.75) is 45.6 Å². The van der Waals surface area contributed by atoms with Gasteiger partial charge in [-0.2, -0.15) is 0 Å². The summed E-state index contributed by atoms with van der Waals surface area (Å²) in [4.78, 5) is 0. The van der Waals surface area contributed by atoms with E-state index in [2.05, 4.69) is 6.92 Å². The second kappa shape index (κ2) is 5.42. The van der Waals surface area contributed by atoms with E-state index in [1.54, 1.807) is 0 Å². The van der Waals surface area contributed by atoms with E-state index in [0.717, 1.165) is 30.1 Å². The van der Waals surface area contributed by atoms with Crippen molar-refractivity contribution in [1.29, 1.82) is 5.41 Å². The summed E-state index contributed by atoms with van der Waals surface area (Å²) in [5.41, 5.74) is 7.39. The molecule has 0 amide bonds. The van der Waals surface area contributed by atoms with Gasteiger partial charge in [0.25, 0.3) is 0 Å². The van der Waals surface area contributed by atoms with Crippen LogP contribution in [-0.2, 0) is 0 Å². The number of benzene rings is 1. The molecular formula is C15H22N2O. The van der Waals surface area contributed by atoms with E-state index in [9.17, 15) is 0 Å².